The van der Waals surface area contributed by atoms with Gasteiger partial charge in [0.2, 0.25) is 0 Å². The number of halogens is 4. The third-order valence-electron chi connectivity index (χ3n) is 6.31. The van der Waals surface area contributed by atoms with Gasteiger partial charge in [0, 0.05) is 37.4 Å². The average molecular weight is 485 g/mol. The van der Waals surface area contributed by atoms with Crippen LogP contribution in [0.2, 0.25) is 0 Å². The van der Waals surface area contributed by atoms with Gasteiger partial charge in [0.15, 0.2) is 0 Å². The molecule has 0 bridgehead atoms. The van der Waals surface area contributed by atoms with Crippen molar-refractivity contribution in [3.63, 3.8) is 0 Å². The van der Waals surface area contributed by atoms with E-state index >= 15 is 0 Å². The van der Waals surface area contributed by atoms with E-state index in [1.165, 1.54) is 6.07 Å². The predicted octanol–water partition coefficient (Wildman–Crippen LogP) is 6.41. The first-order chi connectivity index (χ1) is 16.6. The minimum Gasteiger partial charge on any atom is -0.387 e. The fourth-order valence-corrected chi connectivity index (χ4v) is 4.46. The Balaban J connectivity index is 1.39. The number of allylic oxidation sites excluding steroid dienone is 1. The van der Waals surface area contributed by atoms with Crippen LogP contribution in [0.1, 0.15) is 39.5 Å². The fraction of sp³-hybridized carbons (Fsp3) is 0.286. The van der Waals surface area contributed by atoms with Gasteiger partial charge in [0.25, 0.3) is 0 Å². The van der Waals surface area contributed by atoms with E-state index in [-0.39, 0.29) is 6.42 Å². The molecule has 0 spiro atoms. The monoisotopic (exact) mass is 484 g/mol. The number of nitrogens with one attached hydrogen (secondary N) is 1. The number of aliphatic hydroxyl groups is 1. The van der Waals surface area contributed by atoms with Crippen molar-refractivity contribution in [2.75, 3.05) is 18.4 Å². The van der Waals surface area contributed by atoms with Crippen LogP contribution in [-0.4, -0.2) is 23.1 Å². The molecule has 0 saturated heterocycles. The van der Waals surface area contributed by atoms with Gasteiger partial charge in [-0.15, -0.1) is 0 Å². The summed E-state index contributed by atoms with van der Waals surface area (Å²) in [6.45, 7) is 8.02. The molecule has 0 aliphatic carbocycles. The lowest BCUT2D eigenvalue weighted by atomic mass is 9.96. The van der Waals surface area contributed by atoms with Gasteiger partial charge in [0.1, 0.15) is 5.82 Å². The molecule has 1 aliphatic heterocycles. The predicted molar refractivity (Wildman–Crippen MR) is 129 cm³/mol. The Morgan fingerprint density at radius 2 is 1.86 bits per heavy atom. The summed E-state index contributed by atoms with van der Waals surface area (Å²) in [5.74, 6) is -1.28. The van der Waals surface area contributed by atoms with Gasteiger partial charge >= 0.3 is 6.18 Å². The Hall–Kier alpha value is -3.16. The molecule has 0 fully saturated rings. The zero-order chi connectivity index (χ0) is 25.2. The number of hydrogen-bond acceptors (Lipinski definition) is 3. The number of β-amino-alcohol motifs (C(OH)–C–C–N with tert-alkyl or cyclic N) is 1. The van der Waals surface area contributed by atoms with Gasteiger partial charge in [-0.05, 0) is 53.8 Å². The number of rotatable bonds is 7. The molecular weight excluding hydrogens is 456 g/mol. The highest BCUT2D eigenvalue weighted by Crippen LogP contribution is 2.32. The Bertz CT molecular complexity index is 1200. The number of alkyl halides is 3. The first-order valence-corrected chi connectivity index (χ1v) is 11.5. The van der Waals surface area contributed by atoms with Gasteiger partial charge in [-0.1, -0.05) is 54.6 Å². The van der Waals surface area contributed by atoms with Gasteiger partial charge < -0.3 is 10.4 Å². The number of fused-ring (bicyclic) bond motifs is 1. The van der Waals surface area contributed by atoms with Crippen molar-refractivity contribution in [1.29, 1.82) is 0 Å². The summed E-state index contributed by atoms with van der Waals surface area (Å²) in [6.07, 6.45) is -4.30. The zero-order valence-corrected chi connectivity index (χ0v) is 19.5. The van der Waals surface area contributed by atoms with E-state index < -0.39 is 23.7 Å². The summed E-state index contributed by atoms with van der Waals surface area (Å²) in [6, 6.07) is 16.8. The van der Waals surface area contributed by atoms with Crippen molar-refractivity contribution in [3.05, 3.63) is 112 Å². The Kier molecular flexibility index (Phi) is 7.28. The normalized spacial score (nSPS) is 14.9. The molecule has 4 rings (SSSR count). The Labute approximate surface area is 202 Å². The van der Waals surface area contributed by atoms with Crippen molar-refractivity contribution < 1.29 is 22.7 Å². The van der Waals surface area contributed by atoms with Crippen molar-refractivity contribution >= 4 is 5.69 Å². The molecule has 184 valence electrons. The minimum atomic E-state index is -4.72. The molecule has 0 amide bonds. The molecule has 3 aromatic rings. The summed E-state index contributed by atoms with van der Waals surface area (Å²) in [4.78, 5) is 2.22. The van der Waals surface area contributed by atoms with E-state index in [9.17, 15) is 22.7 Å². The lowest BCUT2D eigenvalue weighted by Gasteiger charge is -2.32. The second kappa shape index (κ2) is 10.2. The smallest absolute Gasteiger partial charge is 0.387 e. The maximum absolute atomic E-state index is 13.9. The van der Waals surface area contributed by atoms with E-state index in [1.54, 1.807) is 0 Å². The minimum absolute atomic E-state index is 0.202. The van der Waals surface area contributed by atoms with E-state index in [2.05, 4.69) is 22.9 Å². The summed E-state index contributed by atoms with van der Waals surface area (Å²) in [7, 11) is 0. The van der Waals surface area contributed by atoms with Crippen molar-refractivity contribution in [3.8, 4) is 0 Å². The van der Waals surface area contributed by atoms with Crippen LogP contribution in [0.15, 0.2) is 72.9 Å². The molecule has 0 saturated carbocycles. The van der Waals surface area contributed by atoms with Crippen molar-refractivity contribution in [2.24, 2.45) is 0 Å². The maximum Gasteiger partial charge on any atom is 0.419 e. The molecule has 35 heavy (non-hydrogen) atoms. The van der Waals surface area contributed by atoms with Crippen LogP contribution >= 0.6 is 0 Å². The maximum atomic E-state index is 13.9. The number of aliphatic hydroxyl groups excluding tert-OH is 1. The first kappa shape index (κ1) is 24.9. The van der Waals surface area contributed by atoms with E-state index in [4.69, 9.17) is 0 Å². The van der Waals surface area contributed by atoms with Crippen LogP contribution in [0.5, 0.6) is 0 Å². The van der Waals surface area contributed by atoms with E-state index in [0.717, 1.165) is 53.0 Å². The molecule has 7 heteroatoms. The SMILES string of the molecule is C=C(Cc1ccc(C(F)(F)F)c(F)c1)Nc1cccc2c1CCN(CC(O)c1ccc(C)cc1)C2. The number of benzene rings is 3. The average Bonchev–Trinajstić information content (AvgIpc) is 2.78. The second-order valence-corrected chi connectivity index (χ2v) is 9.07. The number of nitrogens with zero attached hydrogens (tertiary/aromatic N) is 1. The quantitative estimate of drug-likeness (QED) is 0.380. The lowest BCUT2D eigenvalue weighted by molar-refractivity contribution is -0.140. The summed E-state index contributed by atoms with van der Waals surface area (Å²) in [5.41, 5.74) is 4.93. The third-order valence-corrected chi connectivity index (χ3v) is 6.31. The van der Waals surface area contributed by atoms with Crippen molar-refractivity contribution in [1.82, 2.24) is 4.90 Å². The molecule has 1 unspecified atom stereocenters. The summed E-state index contributed by atoms with van der Waals surface area (Å²) in [5, 5.41) is 13.9. The second-order valence-electron chi connectivity index (χ2n) is 9.07. The third kappa shape index (κ3) is 6.10. The van der Waals surface area contributed by atoms with E-state index in [1.807, 2.05) is 43.3 Å². The fourth-order valence-electron chi connectivity index (χ4n) is 4.46. The van der Waals surface area contributed by atoms with Crippen LogP contribution in [0.3, 0.4) is 0 Å². The van der Waals surface area contributed by atoms with Gasteiger partial charge in [-0.25, -0.2) is 4.39 Å². The van der Waals surface area contributed by atoms with Gasteiger partial charge in [-0.2, -0.15) is 13.2 Å². The Morgan fingerprint density at radius 1 is 1.11 bits per heavy atom. The first-order valence-electron chi connectivity index (χ1n) is 11.5. The molecule has 1 heterocycles. The topological polar surface area (TPSA) is 35.5 Å². The molecule has 1 aliphatic rings. The molecule has 2 N–H and O–H groups in total. The molecule has 0 aromatic heterocycles. The summed E-state index contributed by atoms with van der Waals surface area (Å²) >= 11 is 0. The number of anilines is 1. The van der Waals surface area contributed by atoms with Gasteiger partial charge in [0.05, 0.1) is 11.7 Å². The van der Waals surface area contributed by atoms with Crippen LogP contribution in [0, 0.1) is 12.7 Å². The van der Waals surface area contributed by atoms with Crippen LogP contribution in [0.25, 0.3) is 0 Å². The number of hydrogen-bond donors (Lipinski definition) is 2. The van der Waals surface area contributed by atoms with Crippen LogP contribution in [0.4, 0.5) is 23.2 Å². The highest BCUT2D eigenvalue weighted by Gasteiger charge is 2.33. The molecule has 1 atom stereocenters. The van der Waals surface area contributed by atoms with Crippen LogP contribution in [-0.2, 0) is 25.6 Å². The van der Waals surface area contributed by atoms with Crippen LogP contribution < -0.4 is 5.32 Å². The highest BCUT2D eigenvalue weighted by molar-refractivity contribution is 5.58. The molecule has 3 aromatic carbocycles. The molecular formula is C28H28F4N2O. The number of aryl methyl sites for hydroxylation is 1. The van der Waals surface area contributed by atoms with Crippen molar-refractivity contribution in [2.45, 2.75) is 38.6 Å². The largest absolute Gasteiger partial charge is 0.419 e. The van der Waals surface area contributed by atoms with E-state index in [0.29, 0.717) is 24.4 Å². The molecule has 0 radical (unpaired) electrons. The van der Waals surface area contributed by atoms with Gasteiger partial charge in [-0.3, -0.25) is 4.90 Å². The molecule has 3 nitrogen and oxygen atoms in total. The summed E-state index contributed by atoms with van der Waals surface area (Å²) < 4.78 is 52.3. The highest BCUT2D eigenvalue weighted by atomic mass is 19.4. The Morgan fingerprint density at radius 3 is 2.54 bits per heavy atom. The lowest BCUT2D eigenvalue weighted by Crippen LogP contribution is -2.34. The standard InChI is InChI=1S/C28H28F4N2O/c1-18-6-9-21(10-7-18)27(35)17-34-13-12-23-22(16-34)4-3-5-26(23)33-19(2)14-20-8-11-24(25(29)15-20)28(30,31)32/h3-11,15,27,33,35H,2,12-14,16-17H2,1H3. The zero-order valence-electron chi connectivity index (χ0n) is 19.5.